The molecule has 1 N–H and O–H groups in total. The molecule has 0 radical (unpaired) electrons. The second-order valence-electron chi connectivity index (χ2n) is 3.49. The summed E-state index contributed by atoms with van der Waals surface area (Å²) in [5, 5.41) is 3.64. The third-order valence-electron chi connectivity index (χ3n) is 2.37. The van der Waals surface area contributed by atoms with Crippen molar-refractivity contribution in [1.82, 2.24) is 5.32 Å². The van der Waals surface area contributed by atoms with Gasteiger partial charge in [-0.2, -0.15) is 0 Å². The zero-order valence-electron chi connectivity index (χ0n) is 10.1. The minimum Gasteiger partial charge on any atom is -0.493 e. The van der Waals surface area contributed by atoms with E-state index in [1.165, 1.54) is 0 Å². The molecule has 0 fully saturated rings. The second kappa shape index (κ2) is 7.35. The summed E-state index contributed by atoms with van der Waals surface area (Å²) in [5.74, 6) is 1.13. The number of hydrogen-bond donors (Lipinski definition) is 1. The van der Waals surface area contributed by atoms with E-state index in [-0.39, 0.29) is 6.67 Å². The van der Waals surface area contributed by atoms with Gasteiger partial charge < -0.3 is 14.8 Å². The fourth-order valence-corrected chi connectivity index (χ4v) is 1.78. The van der Waals surface area contributed by atoms with Gasteiger partial charge in [0.05, 0.1) is 25.9 Å². The SMILES string of the molecule is COc1ccc(CNCCCF)c(Cl)c1OC. The number of hydrogen-bond acceptors (Lipinski definition) is 3. The van der Waals surface area contributed by atoms with Crippen LogP contribution in [0, 0.1) is 0 Å². The molecule has 0 atom stereocenters. The zero-order chi connectivity index (χ0) is 12.7. The summed E-state index contributed by atoms with van der Waals surface area (Å²) in [6.45, 7) is 0.896. The average Bonchev–Trinajstić information content (AvgIpc) is 2.35. The van der Waals surface area contributed by atoms with Gasteiger partial charge >= 0.3 is 0 Å². The molecule has 0 aliphatic carbocycles. The van der Waals surface area contributed by atoms with Gasteiger partial charge in [0.2, 0.25) is 0 Å². The summed E-state index contributed by atoms with van der Waals surface area (Å²) in [6.07, 6.45) is 0.505. The van der Waals surface area contributed by atoms with Crippen molar-refractivity contribution in [2.24, 2.45) is 0 Å². The number of ether oxygens (including phenoxy) is 2. The first kappa shape index (κ1) is 14.1. The highest BCUT2D eigenvalue weighted by atomic mass is 35.5. The fourth-order valence-electron chi connectivity index (χ4n) is 1.48. The molecule has 0 spiro atoms. The van der Waals surface area contributed by atoms with Crippen molar-refractivity contribution in [3.05, 3.63) is 22.7 Å². The molecule has 0 amide bonds. The molecule has 17 heavy (non-hydrogen) atoms. The number of methoxy groups -OCH3 is 2. The molecule has 5 heteroatoms. The molecule has 1 aromatic rings. The predicted molar refractivity (Wildman–Crippen MR) is 66.9 cm³/mol. The summed E-state index contributed by atoms with van der Waals surface area (Å²) in [7, 11) is 3.11. The molecule has 0 bridgehead atoms. The standard InChI is InChI=1S/C12H17ClFNO2/c1-16-10-5-4-9(8-15-7-3-6-14)11(13)12(10)17-2/h4-5,15H,3,6-8H2,1-2H3. The smallest absolute Gasteiger partial charge is 0.179 e. The Morgan fingerprint density at radius 3 is 2.65 bits per heavy atom. The average molecular weight is 262 g/mol. The highest BCUT2D eigenvalue weighted by Gasteiger charge is 2.12. The van der Waals surface area contributed by atoms with E-state index in [1.54, 1.807) is 20.3 Å². The van der Waals surface area contributed by atoms with Crippen LogP contribution in [0.2, 0.25) is 5.02 Å². The first-order valence-electron chi connectivity index (χ1n) is 5.40. The van der Waals surface area contributed by atoms with E-state index in [2.05, 4.69) is 5.32 Å². The normalized spacial score (nSPS) is 10.4. The number of benzene rings is 1. The van der Waals surface area contributed by atoms with Crippen molar-refractivity contribution < 1.29 is 13.9 Å². The predicted octanol–water partition coefficient (Wildman–Crippen LogP) is 2.81. The van der Waals surface area contributed by atoms with Crippen LogP contribution in [0.4, 0.5) is 4.39 Å². The van der Waals surface area contributed by atoms with Gasteiger partial charge in [-0.15, -0.1) is 0 Å². The van der Waals surface area contributed by atoms with Gasteiger partial charge in [0.25, 0.3) is 0 Å². The quantitative estimate of drug-likeness (QED) is 0.766. The lowest BCUT2D eigenvalue weighted by atomic mass is 10.2. The highest BCUT2D eigenvalue weighted by molar-refractivity contribution is 6.33. The first-order chi connectivity index (χ1) is 8.24. The van der Waals surface area contributed by atoms with Gasteiger partial charge in [-0.05, 0) is 24.6 Å². The first-order valence-corrected chi connectivity index (χ1v) is 5.78. The van der Waals surface area contributed by atoms with Crippen LogP contribution in [-0.4, -0.2) is 27.4 Å². The minimum atomic E-state index is -0.313. The maximum atomic E-state index is 11.9. The molecule has 0 aromatic heterocycles. The van der Waals surface area contributed by atoms with Crippen molar-refractivity contribution in [3.63, 3.8) is 0 Å². The molecule has 3 nitrogen and oxygen atoms in total. The molecule has 0 aliphatic heterocycles. The van der Waals surface area contributed by atoms with Crippen LogP contribution in [0.1, 0.15) is 12.0 Å². The van der Waals surface area contributed by atoms with E-state index >= 15 is 0 Å². The van der Waals surface area contributed by atoms with E-state index < -0.39 is 0 Å². The third-order valence-corrected chi connectivity index (χ3v) is 2.78. The van der Waals surface area contributed by atoms with Gasteiger partial charge in [0.1, 0.15) is 0 Å². The number of nitrogens with one attached hydrogen (secondary N) is 1. The maximum absolute atomic E-state index is 11.9. The van der Waals surface area contributed by atoms with Crippen molar-refractivity contribution in [1.29, 1.82) is 0 Å². The summed E-state index contributed by atoms with van der Waals surface area (Å²) < 4.78 is 22.2. The Kier molecular flexibility index (Phi) is 6.08. The summed E-state index contributed by atoms with van der Waals surface area (Å²) in [5.41, 5.74) is 0.906. The number of rotatable bonds is 7. The van der Waals surface area contributed by atoms with Crippen molar-refractivity contribution in [2.75, 3.05) is 27.4 Å². The van der Waals surface area contributed by atoms with Crippen LogP contribution < -0.4 is 14.8 Å². The molecule has 0 saturated heterocycles. The highest BCUT2D eigenvalue weighted by Crippen LogP contribution is 2.37. The van der Waals surface area contributed by atoms with E-state index in [1.807, 2.05) is 6.07 Å². The van der Waals surface area contributed by atoms with Gasteiger partial charge in [-0.1, -0.05) is 17.7 Å². The van der Waals surface area contributed by atoms with E-state index in [9.17, 15) is 4.39 Å². The molecular weight excluding hydrogens is 245 g/mol. The van der Waals surface area contributed by atoms with Crippen LogP contribution in [0.3, 0.4) is 0 Å². The number of alkyl halides is 1. The van der Waals surface area contributed by atoms with Crippen LogP contribution in [0.15, 0.2) is 12.1 Å². The summed E-state index contributed by atoms with van der Waals surface area (Å²) >= 11 is 6.19. The lowest BCUT2D eigenvalue weighted by Crippen LogP contribution is -2.15. The van der Waals surface area contributed by atoms with E-state index in [0.29, 0.717) is 36.0 Å². The van der Waals surface area contributed by atoms with Crippen molar-refractivity contribution in [2.45, 2.75) is 13.0 Å². The summed E-state index contributed by atoms with van der Waals surface area (Å²) in [4.78, 5) is 0. The van der Waals surface area contributed by atoms with Gasteiger partial charge in [-0.25, -0.2) is 0 Å². The molecular formula is C12H17ClFNO2. The lowest BCUT2D eigenvalue weighted by molar-refractivity contribution is 0.354. The monoisotopic (exact) mass is 261 g/mol. The molecule has 0 saturated carbocycles. The Morgan fingerprint density at radius 1 is 1.29 bits per heavy atom. The van der Waals surface area contributed by atoms with E-state index in [4.69, 9.17) is 21.1 Å². The minimum absolute atomic E-state index is 0.313. The molecule has 0 heterocycles. The topological polar surface area (TPSA) is 30.5 Å². The fraction of sp³-hybridized carbons (Fsp3) is 0.500. The van der Waals surface area contributed by atoms with Gasteiger partial charge in [-0.3, -0.25) is 4.39 Å². The molecule has 1 aromatic carbocycles. The Morgan fingerprint density at radius 2 is 2.06 bits per heavy atom. The van der Waals surface area contributed by atoms with Crippen molar-refractivity contribution in [3.8, 4) is 11.5 Å². The summed E-state index contributed by atoms with van der Waals surface area (Å²) in [6, 6.07) is 3.67. The Hall–Kier alpha value is -1.00. The van der Waals surface area contributed by atoms with Crippen LogP contribution in [-0.2, 0) is 6.54 Å². The van der Waals surface area contributed by atoms with Crippen LogP contribution >= 0.6 is 11.6 Å². The molecule has 1 rings (SSSR count). The van der Waals surface area contributed by atoms with E-state index in [0.717, 1.165) is 5.56 Å². The lowest BCUT2D eigenvalue weighted by Gasteiger charge is -2.13. The zero-order valence-corrected chi connectivity index (χ0v) is 10.8. The van der Waals surface area contributed by atoms with Crippen LogP contribution in [0.25, 0.3) is 0 Å². The molecule has 0 unspecified atom stereocenters. The number of halogens is 2. The molecule has 96 valence electrons. The Labute approximate surface area is 106 Å². The second-order valence-corrected chi connectivity index (χ2v) is 3.87. The van der Waals surface area contributed by atoms with Gasteiger partial charge in [0, 0.05) is 6.54 Å². The Bertz CT molecular complexity index is 361. The largest absolute Gasteiger partial charge is 0.493 e. The maximum Gasteiger partial charge on any atom is 0.179 e. The Balaban J connectivity index is 2.73. The van der Waals surface area contributed by atoms with Crippen LogP contribution in [0.5, 0.6) is 11.5 Å². The molecule has 0 aliphatic rings. The van der Waals surface area contributed by atoms with Gasteiger partial charge in [0.15, 0.2) is 11.5 Å². The van der Waals surface area contributed by atoms with Crippen molar-refractivity contribution >= 4 is 11.6 Å². The third kappa shape index (κ3) is 3.75.